The van der Waals surface area contributed by atoms with Gasteiger partial charge in [-0.05, 0) is 54.2 Å². The van der Waals surface area contributed by atoms with Crippen molar-refractivity contribution in [3.63, 3.8) is 0 Å². The van der Waals surface area contributed by atoms with Crippen LogP contribution in [-0.4, -0.2) is 14.2 Å². The van der Waals surface area contributed by atoms with Gasteiger partial charge in [-0.15, -0.1) is 0 Å². The Bertz CT molecular complexity index is 593. The molecule has 2 nitrogen and oxygen atoms in total. The average molecular weight is 302 g/mol. The van der Waals surface area contributed by atoms with Crippen LogP contribution in [0.4, 0.5) is 4.39 Å². The molecule has 0 saturated carbocycles. The van der Waals surface area contributed by atoms with Crippen molar-refractivity contribution in [3.8, 4) is 11.5 Å². The number of ether oxygens (including phenoxy) is 2. The SMILES string of the molecule is CCC(Cc1ccc(OC)cc1)Cc1ccc(OC)c(F)c1. The maximum absolute atomic E-state index is 13.8. The highest BCUT2D eigenvalue weighted by molar-refractivity contribution is 5.30. The summed E-state index contributed by atoms with van der Waals surface area (Å²) in [5, 5.41) is 0. The maximum Gasteiger partial charge on any atom is 0.165 e. The Kier molecular flexibility index (Phi) is 5.82. The lowest BCUT2D eigenvalue weighted by molar-refractivity contribution is 0.385. The largest absolute Gasteiger partial charge is 0.497 e. The third-order valence-electron chi connectivity index (χ3n) is 4.00. The fourth-order valence-corrected chi connectivity index (χ4v) is 2.63. The highest BCUT2D eigenvalue weighted by Crippen LogP contribution is 2.23. The van der Waals surface area contributed by atoms with Crippen LogP contribution in [0, 0.1) is 11.7 Å². The molecular weight excluding hydrogens is 279 g/mol. The van der Waals surface area contributed by atoms with Gasteiger partial charge in [-0.1, -0.05) is 31.5 Å². The van der Waals surface area contributed by atoms with E-state index in [9.17, 15) is 4.39 Å². The fraction of sp³-hybridized carbons (Fsp3) is 0.368. The minimum Gasteiger partial charge on any atom is -0.497 e. The molecule has 0 heterocycles. The van der Waals surface area contributed by atoms with Crippen LogP contribution in [0.2, 0.25) is 0 Å². The molecule has 0 aromatic heterocycles. The number of benzene rings is 2. The van der Waals surface area contributed by atoms with Gasteiger partial charge in [-0.2, -0.15) is 0 Å². The zero-order valence-electron chi connectivity index (χ0n) is 13.4. The summed E-state index contributed by atoms with van der Waals surface area (Å²) < 4.78 is 23.9. The number of hydrogen-bond acceptors (Lipinski definition) is 2. The van der Waals surface area contributed by atoms with Crippen molar-refractivity contribution in [1.29, 1.82) is 0 Å². The highest BCUT2D eigenvalue weighted by Gasteiger charge is 2.11. The molecular formula is C19H23FO2. The van der Waals surface area contributed by atoms with Crippen LogP contribution in [0.25, 0.3) is 0 Å². The predicted molar refractivity (Wildman–Crippen MR) is 87.1 cm³/mol. The first-order valence-corrected chi connectivity index (χ1v) is 7.61. The topological polar surface area (TPSA) is 18.5 Å². The van der Waals surface area contributed by atoms with Crippen LogP contribution in [0.1, 0.15) is 24.5 Å². The standard InChI is InChI=1S/C19H23FO2/c1-4-14(11-15-5-8-17(21-2)9-6-15)12-16-7-10-19(22-3)18(20)13-16/h5-10,13-14H,4,11-12H2,1-3H3. The first-order chi connectivity index (χ1) is 10.7. The molecule has 0 bridgehead atoms. The van der Waals surface area contributed by atoms with E-state index in [-0.39, 0.29) is 5.82 Å². The molecule has 0 N–H and O–H groups in total. The van der Waals surface area contributed by atoms with E-state index in [1.54, 1.807) is 19.2 Å². The summed E-state index contributed by atoms with van der Waals surface area (Å²) in [5.74, 6) is 1.36. The summed E-state index contributed by atoms with van der Waals surface area (Å²) in [6.07, 6.45) is 2.90. The lowest BCUT2D eigenvalue weighted by Gasteiger charge is -2.16. The second-order valence-electron chi connectivity index (χ2n) is 5.50. The van der Waals surface area contributed by atoms with Crippen LogP contribution in [0.3, 0.4) is 0 Å². The minimum absolute atomic E-state index is 0.292. The molecule has 0 saturated heterocycles. The van der Waals surface area contributed by atoms with Crippen molar-refractivity contribution in [2.45, 2.75) is 26.2 Å². The molecule has 22 heavy (non-hydrogen) atoms. The van der Waals surface area contributed by atoms with Crippen LogP contribution in [-0.2, 0) is 12.8 Å². The predicted octanol–water partition coefficient (Wildman–Crippen LogP) is 4.65. The van der Waals surface area contributed by atoms with Crippen LogP contribution >= 0.6 is 0 Å². The van der Waals surface area contributed by atoms with Crippen LogP contribution in [0.5, 0.6) is 11.5 Å². The quantitative estimate of drug-likeness (QED) is 0.741. The molecule has 1 unspecified atom stereocenters. The van der Waals surface area contributed by atoms with Crippen LogP contribution in [0.15, 0.2) is 42.5 Å². The number of hydrogen-bond donors (Lipinski definition) is 0. The van der Waals surface area contributed by atoms with Gasteiger partial charge >= 0.3 is 0 Å². The molecule has 0 amide bonds. The number of methoxy groups -OCH3 is 2. The summed E-state index contributed by atoms with van der Waals surface area (Å²) in [6, 6.07) is 13.4. The second kappa shape index (κ2) is 7.83. The maximum atomic E-state index is 13.8. The number of halogens is 1. The van der Waals surface area contributed by atoms with E-state index in [4.69, 9.17) is 9.47 Å². The van der Waals surface area contributed by atoms with E-state index in [1.165, 1.54) is 12.7 Å². The molecule has 0 fully saturated rings. The molecule has 2 rings (SSSR count). The van der Waals surface area contributed by atoms with Gasteiger partial charge in [0, 0.05) is 0 Å². The van der Waals surface area contributed by atoms with E-state index >= 15 is 0 Å². The van der Waals surface area contributed by atoms with E-state index < -0.39 is 0 Å². The molecule has 0 aliphatic carbocycles. The first-order valence-electron chi connectivity index (χ1n) is 7.61. The first kappa shape index (κ1) is 16.3. The minimum atomic E-state index is -0.292. The summed E-state index contributed by atoms with van der Waals surface area (Å²) in [6.45, 7) is 2.17. The zero-order chi connectivity index (χ0) is 15.9. The Hall–Kier alpha value is -2.03. The van der Waals surface area contributed by atoms with Gasteiger partial charge < -0.3 is 9.47 Å². The molecule has 118 valence electrons. The Balaban J connectivity index is 2.03. The summed E-state index contributed by atoms with van der Waals surface area (Å²) in [5.41, 5.74) is 2.29. The Morgan fingerprint density at radius 1 is 0.909 bits per heavy atom. The zero-order valence-corrected chi connectivity index (χ0v) is 13.4. The van der Waals surface area contributed by atoms with Crippen molar-refractivity contribution >= 4 is 0 Å². The monoisotopic (exact) mass is 302 g/mol. The van der Waals surface area contributed by atoms with Gasteiger partial charge in [-0.3, -0.25) is 0 Å². The van der Waals surface area contributed by atoms with Gasteiger partial charge in [0.15, 0.2) is 11.6 Å². The summed E-state index contributed by atoms with van der Waals surface area (Å²) >= 11 is 0. The van der Waals surface area contributed by atoms with Crippen molar-refractivity contribution in [2.24, 2.45) is 5.92 Å². The summed E-state index contributed by atoms with van der Waals surface area (Å²) in [7, 11) is 3.15. The van der Waals surface area contributed by atoms with E-state index in [0.717, 1.165) is 30.6 Å². The Morgan fingerprint density at radius 2 is 1.55 bits per heavy atom. The third kappa shape index (κ3) is 4.23. The van der Waals surface area contributed by atoms with Crippen molar-refractivity contribution in [2.75, 3.05) is 14.2 Å². The molecule has 3 heteroatoms. The van der Waals surface area contributed by atoms with E-state index in [0.29, 0.717) is 11.7 Å². The molecule has 2 aromatic carbocycles. The van der Waals surface area contributed by atoms with Crippen molar-refractivity contribution in [1.82, 2.24) is 0 Å². The highest BCUT2D eigenvalue weighted by atomic mass is 19.1. The van der Waals surface area contributed by atoms with Crippen molar-refractivity contribution in [3.05, 3.63) is 59.4 Å². The smallest absolute Gasteiger partial charge is 0.165 e. The molecule has 0 aliphatic rings. The molecule has 1 atom stereocenters. The molecule has 0 spiro atoms. The normalized spacial score (nSPS) is 12.0. The van der Waals surface area contributed by atoms with Gasteiger partial charge in [0.25, 0.3) is 0 Å². The second-order valence-corrected chi connectivity index (χ2v) is 5.50. The van der Waals surface area contributed by atoms with E-state index in [1.807, 2.05) is 18.2 Å². The van der Waals surface area contributed by atoms with Gasteiger partial charge in [-0.25, -0.2) is 4.39 Å². The van der Waals surface area contributed by atoms with Gasteiger partial charge in [0.05, 0.1) is 14.2 Å². The van der Waals surface area contributed by atoms with E-state index in [2.05, 4.69) is 19.1 Å². The summed E-state index contributed by atoms with van der Waals surface area (Å²) in [4.78, 5) is 0. The lowest BCUT2D eigenvalue weighted by Crippen LogP contribution is -2.07. The molecule has 2 aromatic rings. The fourth-order valence-electron chi connectivity index (χ4n) is 2.63. The average Bonchev–Trinajstić information content (AvgIpc) is 2.55. The van der Waals surface area contributed by atoms with Crippen LogP contribution < -0.4 is 9.47 Å². The van der Waals surface area contributed by atoms with Crippen molar-refractivity contribution < 1.29 is 13.9 Å². The Labute approximate surface area is 131 Å². The lowest BCUT2D eigenvalue weighted by atomic mass is 9.90. The Morgan fingerprint density at radius 3 is 2.09 bits per heavy atom. The molecule has 0 radical (unpaired) electrons. The number of rotatable bonds is 7. The van der Waals surface area contributed by atoms with Gasteiger partial charge in [0.1, 0.15) is 5.75 Å². The third-order valence-corrected chi connectivity index (χ3v) is 4.00. The molecule has 0 aliphatic heterocycles. The van der Waals surface area contributed by atoms with Gasteiger partial charge in [0.2, 0.25) is 0 Å².